The summed E-state index contributed by atoms with van der Waals surface area (Å²) in [6, 6.07) is 11.1. The Bertz CT molecular complexity index is 860. The summed E-state index contributed by atoms with van der Waals surface area (Å²) in [4.78, 5) is 12.2. The number of carbonyl (C=O) groups excluding carboxylic acids is 1. The maximum Gasteiger partial charge on any atom is 0.251 e. The fraction of sp³-hybridized carbons (Fsp3) is 0.278. The van der Waals surface area contributed by atoms with Crippen molar-refractivity contribution in [1.82, 2.24) is 25.7 Å². The molecule has 2 aromatic heterocycles. The number of nitrogens with zero attached hydrogens (tertiary/aromatic N) is 4. The van der Waals surface area contributed by atoms with Crippen LogP contribution < -0.4 is 10.6 Å². The van der Waals surface area contributed by atoms with Crippen molar-refractivity contribution in [2.75, 3.05) is 18.4 Å². The molecule has 134 valence electrons. The van der Waals surface area contributed by atoms with Gasteiger partial charge in [0, 0.05) is 30.6 Å². The van der Waals surface area contributed by atoms with Gasteiger partial charge in [0.1, 0.15) is 15.8 Å². The number of nitrogens with one attached hydrogen (secondary N) is 2. The number of rotatable bonds is 7. The minimum Gasteiger partial charge on any atom is -0.369 e. The lowest BCUT2D eigenvalue weighted by Gasteiger charge is -2.06. The SMILES string of the molecule is CCNc1ccc(-c2ccc(C(=O)NCCc3nnc(C)s3)cc2)nn1. The van der Waals surface area contributed by atoms with E-state index in [1.165, 1.54) is 0 Å². The Balaban J connectivity index is 1.56. The van der Waals surface area contributed by atoms with Crippen molar-refractivity contribution in [2.45, 2.75) is 20.3 Å². The average Bonchev–Trinajstić information content (AvgIpc) is 3.08. The Hall–Kier alpha value is -2.87. The van der Waals surface area contributed by atoms with Crippen LogP contribution in [0.1, 0.15) is 27.3 Å². The van der Waals surface area contributed by atoms with E-state index in [1.807, 2.05) is 38.1 Å². The summed E-state index contributed by atoms with van der Waals surface area (Å²) in [5.74, 6) is 0.643. The highest BCUT2D eigenvalue weighted by Crippen LogP contribution is 2.18. The molecular weight excluding hydrogens is 348 g/mol. The predicted octanol–water partition coefficient (Wildman–Crippen LogP) is 2.71. The minimum atomic E-state index is -0.105. The summed E-state index contributed by atoms with van der Waals surface area (Å²) in [6.07, 6.45) is 0.684. The van der Waals surface area contributed by atoms with E-state index in [2.05, 4.69) is 31.0 Å². The molecule has 3 aromatic rings. The zero-order chi connectivity index (χ0) is 18.4. The zero-order valence-corrected chi connectivity index (χ0v) is 15.5. The molecule has 0 unspecified atom stereocenters. The van der Waals surface area contributed by atoms with Gasteiger partial charge in [-0.2, -0.15) is 0 Å². The van der Waals surface area contributed by atoms with E-state index in [0.29, 0.717) is 18.5 Å². The molecule has 1 aromatic carbocycles. The number of aromatic nitrogens is 4. The lowest BCUT2D eigenvalue weighted by atomic mass is 10.1. The summed E-state index contributed by atoms with van der Waals surface area (Å²) < 4.78 is 0. The lowest BCUT2D eigenvalue weighted by molar-refractivity contribution is 0.0954. The molecule has 0 fully saturated rings. The van der Waals surface area contributed by atoms with Crippen molar-refractivity contribution >= 4 is 23.1 Å². The van der Waals surface area contributed by atoms with Crippen LogP contribution in [-0.2, 0) is 6.42 Å². The Morgan fingerprint density at radius 2 is 1.85 bits per heavy atom. The molecule has 0 spiro atoms. The Kier molecular flexibility index (Phi) is 5.85. The van der Waals surface area contributed by atoms with Crippen LogP contribution in [0.2, 0.25) is 0 Å². The zero-order valence-electron chi connectivity index (χ0n) is 14.7. The second kappa shape index (κ2) is 8.48. The molecule has 0 radical (unpaired) electrons. The van der Waals surface area contributed by atoms with Crippen LogP contribution in [0.4, 0.5) is 5.82 Å². The van der Waals surface area contributed by atoms with Crippen molar-refractivity contribution in [3.63, 3.8) is 0 Å². The summed E-state index contributed by atoms with van der Waals surface area (Å²) >= 11 is 1.55. The first-order valence-electron chi connectivity index (χ1n) is 8.41. The molecule has 0 aliphatic carbocycles. The molecule has 2 N–H and O–H groups in total. The summed E-state index contributed by atoms with van der Waals surface area (Å²) in [7, 11) is 0. The Labute approximate surface area is 155 Å². The van der Waals surface area contributed by atoms with Gasteiger partial charge in [-0.15, -0.1) is 31.7 Å². The summed E-state index contributed by atoms with van der Waals surface area (Å²) in [5, 5.41) is 24.2. The second-order valence-electron chi connectivity index (χ2n) is 5.63. The van der Waals surface area contributed by atoms with Crippen molar-refractivity contribution in [2.24, 2.45) is 0 Å². The number of hydrogen-bond acceptors (Lipinski definition) is 7. The van der Waals surface area contributed by atoms with Crippen LogP contribution in [0, 0.1) is 6.92 Å². The normalized spacial score (nSPS) is 10.5. The first-order valence-corrected chi connectivity index (χ1v) is 9.22. The van der Waals surface area contributed by atoms with E-state index < -0.39 is 0 Å². The molecule has 26 heavy (non-hydrogen) atoms. The third-order valence-electron chi connectivity index (χ3n) is 3.66. The number of benzene rings is 1. The first-order chi connectivity index (χ1) is 12.7. The minimum absolute atomic E-state index is 0.105. The van der Waals surface area contributed by atoms with Gasteiger partial charge in [-0.3, -0.25) is 4.79 Å². The van der Waals surface area contributed by atoms with E-state index in [9.17, 15) is 4.79 Å². The fourth-order valence-corrected chi connectivity index (χ4v) is 3.09. The third-order valence-corrected chi connectivity index (χ3v) is 4.56. The molecule has 8 heteroatoms. The van der Waals surface area contributed by atoms with Gasteiger partial charge in [-0.25, -0.2) is 0 Å². The Morgan fingerprint density at radius 1 is 1.04 bits per heavy atom. The lowest BCUT2D eigenvalue weighted by Crippen LogP contribution is -2.25. The highest BCUT2D eigenvalue weighted by atomic mass is 32.1. The van der Waals surface area contributed by atoms with Crippen LogP contribution in [0.15, 0.2) is 36.4 Å². The maximum absolute atomic E-state index is 12.2. The van der Waals surface area contributed by atoms with Gasteiger partial charge in [-0.05, 0) is 38.1 Å². The van der Waals surface area contributed by atoms with Gasteiger partial charge in [0.25, 0.3) is 5.91 Å². The average molecular weight is 368 g/mol. The van der Waals surface area contributed by atoms with Crippen molar-refractivity contribution < 1.29 is 4.79 Å². The van der Waals surface area contributed by atoms with Crippen LogP contribution >= 0.6 is 11.3 Å². The van der Waals surface area contributed by atoms with Gasteiger partial charge in [-0.1, -0.05) is 12.1 Å². The maximum atomic E-state index is 12.2. The monoisotopic (exact) mass is 368 g/mol. The van der Waals surface area contributed by atoms with Gasteiger partial charge in [0.05, 0.1) is 5.69 Å². The van der Waals surface area contributed by atoms with Crippen molar-refractivity contribution in [3.05, 3.63) is 52.0 Å². The van der Waals surface area contributed by atoms with E-state index in [1.54, 1.807) is 23.5 Å². The van der Waals surface area contributed by atoms with Crippen LogP contribution in [0.3, 0.4) is 0 Å². The van der Waals surface area contributed by atoms with Crippen LogP contribution in [-0.4, -0.2) is 39.4 Å². The number of amides is 1. The molecule has 0 bridgehead atoms. The number of carbonyl (C=O) groups is 1. The highest BCUT2D eigenvalue weighted by molar-refractivity contribution is 7.11. The van der Waals surface area contributed by atoms with Crippen LogP contribution in [0.25, 0.3) is 11.3 Å². The summed E-state index contributed by atoms with van der Waals surface area (Å²) in [5.41, 5.74) is 2.30. The third kappa shape index (κ3) is 4.60. The molecule has 0 saturated carbocycles. The Morgan fingerprint density at radius 3 is 2.46 bits per heavy atom. The smallest absolute Gasteiger partial charge is 0.251 e. The van der Waals surface area contributed by atoms with Gasteiger partial charge < -0.3 is 10.6 Å². The van der Waals surface area contributed by atoms with Crippen molar-refractivity contribution in [3.8, 4) is 11.3 Å². The molecule has 7 nitrogen and oxygen atoms in total. The number of aryl methyl sites for hydroxylation is 1. The topological polar surface area (TPSA) is 92.7 Å². The highest BCUT2D eigenvalue weighted by Gasteiger charge is 2.08. The quantitative estimate of drug-likeness (QED) is 0.666. The van der Waals surface area contributed by atoms with E-state index in [0.717, 1.165) is 33.6 Å². The predicted molar refractivity (Wildman–Crippen MR) is 102 cm³/mol. The van der Waals surface area contributed by atoms with E-state index in [4.69, 9.17) is 0 Å². The van der Waals surface area contributed by atoms with Gasteiger partial charge in [0.15, 0.2) is 0 Å². The molecule has 1 amide bonds. The fourth-order valence-electron chi connectivity index (χ4n) is 2.38. The van der Waals surface area contributed by atoms with Gasteiger partial charge >= 0.3 is 0 Å². The first kappa shape index (κ1) is 17.9. The molecule has 2 heterocycles. The molecule has 0 aliphatic rings. The van der Waals surface area contributed by atoms with E-state index in [-0.39, 0.29) is 5.91 Å². The molecule has 0 atom stereocenters. The van der Waals surface area contributed by atoms with E-state index >= 15 is 0 Å². The van der Waals surface area contributed by atoms with Gasteiger partial charge in [0.2, 0.25) is 0 Å². The second-order valence-corrected chi connectivity index (χ2v) is 6.90. The van der Waals surface area contributed by atoms with Crippen LogP contribution in [0.5, 0.6) is 0 Å². The number of hydrogen-bond donors (Lipinski definition) is 2. The molecule has 0 aliphatic heterocycles. The number of anilines is 1. The largest absolute Gasteiger partial charge is 0.369 e. The molecule has 0 saturated heterocycles. The molecular formula is C18H20N6OS. The standard InChI is InChI=1S/C18H20N6OS/c1-3-19-16-9-8-15(22-23-16)13-4-6-14(7-5-13)18(25)20-11-10-17-24-21-12(2)26-17/h4-9H,3,10-11H2,1-2H3,(H,19,23)(H,20,25). The summed E-state index contributed by atoms with van der Waals surface area (Å²) in [6.45, 7) is 5.26. The molecule has 3 rings (SSSR count). The van der Waals surface area contributed by atoms with Crippen molar-refractivity contribution in [1.29, 1.82) is 0 Å².